The van der Waals surface area contributed by atoms with E-state index >= 15 is 0 Å². The Bertz CT molecular complexity index is 4150. The van der Waals surface area contributed by atoms with Gasteiger partial charge in [-0.1, -0.05) is 183 Å². The predicted octanol–water partition coefficient (Wildman–Crippen LogP) is 16.9. The van der Waals surface area contributed by atoms with Crippen LogP contribution in [0.4, 0.5) is 0 Å². The predicted molar refractivity (Wildman–Crippen MR) is 278 cm³/mol. The van der Waals surface area contributed by atoms with Crippen molar-refractivity contribution in [3.63, 3.8) is 0 Å². The van der Waals surface area contributed by atoms with Crippen molar-refractivity contribution in [2.24, 2.45) is 5.92 Å². The third-order valence-corrected chi connectivity index (χ3v) is 14.5. The Morgan fingerprint density at radius 3 is 1.55 bits per heavy atom. The van der Waals surface area contributed by atoms with Crippen molar-refractivity contribution in [3.8, 4) is 22.5 Å². The van der Waals surface area contributed by atoms with Crippen molar-refractivity contribution >= 4 is 98.2 Å². The molecule has 1 aliphatic carbocycles. The molecule has 0 fully saturated rings. The zero-order valence-electron chi connectivity index (χ0n) is 36.0. The third-order valence-electron chi connectivity index (χ3n) is 14.5. The Labute approximate surface area is 376 Å². The minimum atomic E-state index is 0.325. The van der Waals surface area contributed by atoms with E-state index in [2.05, 4.69) is 234 Å². The van der Waals surface area contributed by atoms with Crippen LogP contribution in [-0.4, -0.2) is 9.13 Å². The highest BCUT2D eigenvalue weighted by molar-refractivity contribution is 6.43. The van der Waals surface area contributed by atoms with Gasteiger partial charge < -0.3 is 9.13 Å². The maximum Gasteiger partial charge on any atom is 0.0629 e. The average Bonchev–Trinajstić information content (AvgIpc) is 3.89. The minimum absolute atomic E-state index is 0.325. The SMILES string of the molecule is CC1Cc2c(c3c4ccccc4c4c(c5ccccc5c5c4c4cc(-c6ccccc6)ccc4n5-c4ccc5ccccc5c4)c3n2-c2ccc3ccccc3c2)C=C1c1ccccc1. The Balaban J connectivity index is 1.24. The molecule has 0 bridgehead atoms. The summed E-state index contributed by atoms with van der Waals surface area (Å²) in [6.07, 6.45) is 3.46. The maximum atomic E-state index is 2.66. The van der Waals surface area contributed by atoms with Crippen LogP contribution in [0.5, 0.6) is 0 Å². The molecule has 1 unspecified atom stereocenters. The highest BCUT2D eigenvalue weighted by Gasteiger charge is 2.31. The molecule has 1 atom stereocenters. The summed E-state index contributed by atoms with van der Waals surface area (Å²) in [7, 11) is 0. The molecular formula is C63H42N2. The summed E-state index contributed by atoms with van der Waals surface area (Å²) in [5, 5.41) is 16.5. The van der Waals surface area contributed by atoms with Gasteiger partial charge in [-0.05, 0) is 115 Å². The molecule has 304 valence electrons. The number of rotatable bonds is 4. The molecular weight excluding hydrogens is 785 g/mol. The molecule has 14 rings (SSSR count). The first-order valence-electron chi connectivity index (χ1n) is 22.9. The molecule has 2 heterocycles. The van der Waals surface area contributed by atoms with Crippen LogP contribution >= 0.6 is 0 Å². The van der Waals surface area contributed by atoms with E-state index in [1.54, 1.807) is 0 Å². The van der Waals surface area contributed by atoms with Crippen molar-refractivity contribution in [3.05, 3.63) is 229 Å². The standard InChI is InChI=1S/C63H42N2/c1-39-34-57-55(38-53(39)43-20-6-3-7-21-43)58-49-24-12-13-25-50(49)59-60(63(58)65(57)48-32-29-42-19-9-11-23-45(42)36-48)51-26-14-15-27-52(51)62-61(59)54-37-46(40-16-4-2-5-17-40)30-33-56(54)64(62)47-31-28-41-18-8-10-22-44(41)35-47/h2-33,35-39H,34H2,1H3. The van der Waals surface area contributed by atoms with Crippen LogP contribution in [-0.2, 0) is 6.42 Å². The smallest absolute Gasteiger partial charge is 0.0629 e. The van der Waals surface area contributed by atoms with E-state index in [0.29, 0.717) is 5.92 Å². The summed E-state index contributed by atoms with van der Waals surface area (Å²) >= 11 is 0. The van der Waals surface area contributed by atoms with E-state index in [1.807, 2.05) is 0 Å². The minimum Gasteiger partial charge on any atom is -0.312 e. The van der Waals surface area contributed by atoms with E-state index in [-0.39, 0.29) is 0 Å². The quantitative estimate of drug-likeness (QED) is 0.156. The van der Waals surface area contributed by atoms with Gasteiger partial charge in [0.1, 0.15) is 0 Å². The average molecular weight is 827 g/mol. The van der Waals surface area contributed by atoms with E-state index < -0.39 is 0 Å². The highest BCUT2D eigenvalue weighted by atomic mass is 15.0. The first-order valence-corrected chi connectivity index (χ1v) is 22.9. The second-order valence-electron chi connectivity index (χ2n) is 18.1. The number of hydrogen-bond donors (Lipinski definition) is 0. The van der Waals surface area contributed by atoms with Gasteiger partial charge in [-0.15, -0.1) is 0 Å². The van der Waals surface area contributed by atoms with E-state index in [1.165, 1.54) is 126 Å². The fourth-order valence-corrected chi connectivity index (χ4v) is 11.6. The summed E-state index contributed by atoms with van der Waals surface area (Å²) in [5.41, 5.74) is 13.9. The number of benzene rings is 11. The van der Waals surface area contributed by atoms with Gasteiger partial charge in [0.2, 0.25) is 0 Å². The van der Waals surface area contributed by atoms with E-state index in [4.69, 9.17) is 0 Å². The van der Waals surface area contributed by atoms with Crippen molar-refractivity contribution < 1.29 is 0 Å². The topological polar surface area (TPSA) is 9.86 Å². The van der Waals surface area contributed by atoms with Gasteiger partial charge in [0.05, 0.1) is 16.6 Å². The summed E-state index contributed by atoms with van der Waals surface area (Å²) in [6, 6.07) is 79.0. The Hall–Kier alpha value is -8.20. The molecule has 0 amide bonds. The van der Waals surface area contributed by atoms with Gasteiger partial charge in [0.15, 0.2) is 0 Å². The molecule has 65 heavy (non-hydrogen) atoms. The third kappa shape index (κ3) is 5.29. The molecule has 13 aromatic rings. The van der Waals surface area contributed by atoms with Crippen LogP contribution in [0, 0.1) is 5.92 Å². The monoisotopic (exact) mass is 826 g/mol. The number of aromatic nitrogens is 2. The van der Waals surface area contributed by atoms with Crippen molar-refractivity contribution in [1.82, 2.24) is 9.13 Å². The van der Waals surface area contributed by atoms with Gasteiger partial charge in [0, 0.05) is 54.9 Å². The zero-order chi connectivity index (χ0) is 42.8. The van der Waals surface area contributed by atoms with Crippen LogP contribution in [0.3, 0.4) is 0 Å². The van der Waals surface area contributed by atoms with E-state index in [9.17, 15) is 0 Å². The van der Waals surface area contributed by atoms with Crippen LogP contribution in [0.2, 0.25) is 0 Å². The second kappa shape index (κ2) is 13.9. The molecule has 11 aromatic carbocycles. The highest BCUT2D eigenvalue weighted by Crippen LogP contribution is 2.52. The lowest BCUT2D eigenvalue weighted by Crippen LogP contribution is -2.12. The van der Waals surface area contributed by atoms with Gasteiger partial charge in [-0.25, -0.2) is 0 Å². The van der Waals surface area contributed by atoms with Crippen LogP contribution in [0.25, 0.3) is 121 Å². The number of hydrogen-bond acceptors (Lipinski definition) is 0. The molecule has 0 saturated heterocycles. The lowest BCUT2D eigenvalue weighted by molar-refractivity contribution is 0.709. The molecule has 2 nitrogen and oxygen atoms in total. The Morgan fingerprint density at radius 1 is 0.369 bits per heavy atom. The number of fused-ring (bicyclic) bond motifs is 17. The van der Waals surface area contributed by atoms with Gasteiger partial charge >= 0.3 is 0 Å². The number of allylic oxidation sites excluding steroid dienone is 1. The Kier molecular flexibility index (Phi) is 7.76. The van der Waals surface area contributed by atoms with Crippen molar-refractivity contribution in [2.75, 3.05) is 0 Å². The van der Waals surface area contributed by atoms with Gasteiger partial charge in [0.25, 0.3) is 0 Å². The zero-order valence-corrected chi connectivity index (χ0v) is 36.0. The van der Waals surface area contributed by atoms with Crippen LogP contribution in [0.15, 0.2) is 212 Å². The second-order valence-corrected chi connectivity index (χ2v) is 18.1. The molecule has 0 N–H and O–H groups in total. The first-order chi connectivity index (χ1) is 32.2. The summed E-state index contributed by atoms with van der Waals surface area (Å²) in [4.78, 5) is 0. The Morgan fingerprint density at radius 2 is 0.892 bits per heavy atom. The summed E-state index contributed by atoms with van der Waals surface area (Å²) in [6.45, 7) is 2.41. The fourth-order valence-electron chi connectivity index (χ4n) is 11.6. The molecule has 0 aliphatic heterocycles. The normalized spacial score (nSPS) is 14.1. The summed E-state index contributed by atoms with van der Waals surface area (Å²) in [5.74, 6) is 0.325. The van der Waals surface area contributed by atoms with Crippen molar-refractivity contribution in [2.45, 2.75) is 13.3 Å². The first kappa shape index (κ1) is 36.3. The number of nitrogens with zero attached hydrogens (tertiary/aromatic N) is 2. The maximum absolute atomic E-state index is 2.66. The van der Waals surface area contributed by atoms with E-state index in [0.717, 1.165) is 12.1 Å². The lowest BCUT2D eigenvalue weighted by atomic mass is 9.82. The molecule has 1 aliphatic rings. The molecule has 0 spiro atoms. The van der Waals surface area contributed by atoms with Crippen molar-refractivity contribution in [1.29, 1.82) is 0 Å². The molecule has 2 aromatic heterocycles. The van der Waals surface area contributed by atoms with Crippen LogP contribution in [0.1, 0.15) is 23.7 Å². The van der Waals surface area contributed by atoms with Crippen LogP contribution < -0.4 is 0 Å². The largest absolute Gasteiger partial charge is 0.312 e. The fraction of sp³-hybridized carbons (Fsp3) is 0.0476. The molecule has 2 heteroatoms. The molecule has 0 radical (unpaired) electrons. The van der Waals surface area contributed by atoms with Gasteiger partial charge in [-0.2, -0.15) is 0 Å². The van der Waals surface area contributed by atoms with Gasteiger partial charge in [-0.3, -0.25) is 0 Å². The molecule has 0 saturated carbocycles. The summed E-state index contributed by atoms with van der Waals surface area (Å²) < 4.78 is 5.22. The lowest BCUT2D eigenvalue weighted by Gasteiger charge is -2.24.